The number of amides is 2. The molecule has 26 heavy (non-hydrogen) atoms. The van der Waals surface area contributed by atoms with E-state index in [0.29, 0.717) is 10.6 Å². The van der Waals surface area contributed by atoms with E-state index in [1.807, 2.05) is 0 Å². The molecule has 0 aliphatic heterocycles. The fourth-order valence-corrected chi connectivity index (χ4v) is 3.56. The van der Waals surface area contributed by atoms with Crippen LogP contribution >= 0.6 is 11.6 Å². The highest BCUT2D eigenvalue weighted by atomic mass is 35.5. The SMILES string of the molecule is O=C(NNC(=O)c1ccc(S(=O)(=O)NC2CC2)cc1)c1ccc(Cl)cc1. The molecule has 1 saturated carbocycles. The minimum Gasteiger partial charge on any atom is -0.267 e. The summed E-state index contributed by atoms with van der Waals surface area (Å²) in [6.45, 7) is 0. The van der Waals surface area contributed by atoms with Crippen LogP contribution in [0.5, 0.6) is 0 Å². The zero-order valence-corrected chi connectivity index (χ0v) is 15.1. The predicted octanol–water partition coefficient (Wildman–Crippen LogP) is 1.86. The molecule has 7 nitrogen and oxygen atoms in total. The van der Waals surface area contributed by atoms with Gasteiger partial charge in [-0.25, -0.2) is 13.1 Å². The van der Waals surface area contributed by atoms with Gasteiger partial charge in [-0.1, -0.05) is 11.6 Å². The Kier molecular flexibility index (Phi) is 5.26. The smallest absolute Gasteiger partial charge is 0.267 e. The summed E-state index contributed by atoms with van der Waals surface area (Å²) in [5, 5.41) is 0.497. The van der Waals surface area contributed by atoms with Crippen LogP contribution < -0.4 is 15.6 Å². The lowest BCUT2D eigenvalue weighted by atomic mass is 10.2. The molecule has 0 spiro atoms. The first-order valence-corrected chi connectivity index (χ1v) is 9.70. The van der Waals surface area contributed by atoms with Gasteiger partial charge in [-0.05, 0) is 61.4 Å². The van der Waals surface area contributed by atoms with Gasteiger partial charge >= 0.3 is 0 Å². The van der Waals surface area contributed by atoms with Gasteiger partial charge in [-0.15, -0.1) is 0 Å². The Bertz CT molecular complexity index is 923. The molecule has 1 aliphatic carbocycles. The number of hydrogen-bond donors (Lipinski definition) is 3. The average Bonchev–Trinajstić information content (AvgIpc) is 3.43. The quantitative estimate of drug-likeness (QED) is 0.674. The van der Waals surface area contributed by atoms with Gasteiger partial charge < -0.3 is 0 Å². The van der Waals surface area contributed by atoms with Crippen LogP contribution in [0.1, 0.15) is 33.6 Å². The van der Waals surface area contributed by atoms with E-state index in [0.717, 1.165) is 12.8 Å². The standard InChI is InChI=1S/C17H16ClN3O4S/c18-13-5-1-11(2-6-13)16(22)19-20-17(23)12-3-9-15(10-4-12)26(24,25)21-14-7-8-14/h1-6,9-10,14,21H,7-8H2,(H,19,22)(H,20,23). The molecular formula is C17H16ClN3O4S. The molecule has 1 fully saturated rings. The zero-order chi connectivity index (χ0) is 18.7. The molecule has 0 radical (unpaired) electrons. The van der Waals surface area contributed by atoms with Crippen molar-refractivity contribution in [2.45, 2.75) is 23.8 Å². The van der Waals surface area contributed by atoms with Crippen LogP contribution in [-0.2, 0) is 10.0 Å². The number of nitrogens with one attached hydrogen (secondary N) is 3. The zero-order valence-electron chi connectivity index (χ0n) is 13.5. The largest absolute Gasteiger partial charge is 0.269 e. The van der Waals surface area contributed by atoms with Gasteiger partial charge in [-0.2, -0.15) is 0 Å². The highest BCUT2D eigenvalue weighted by Gasteiger charge is 2.27. The second-order valence-corrected chi connectivity index (χ2v) is 7.99. The molecule has 0 unspecified atom stereocenters. The molecular weight excluding hydrogens is 378 g/mol. The Morgan fingerprint density at radius 2 is 1.31 bits per heavy atom. The van der Waals surface area contributed by atoms with Gasteiger partial charge in [0.25, 0.3) is 11.8 Å². The van der Waals surface area contributed by atoms with Crippen LogP contribution in [0.25, 0.3) is 0 Å². The lowest BCUT2D eigenvalue weighted by Crippen LogP contribution is -2.41. The van der Waals surface area contributed by atoms with E-state index in [9.17, 15) is 18.0 Å². The molecule has 2 amide bonds. The van der Waals surface area contributed by atoms with Crippen molar-refractivity contribution in [2.75, 3.05) is 0 Å². The lowest BCUT2D eigenvalue weighted by molar-refractivity contribution is 0.0846. The normalized spacial score (nSPS) is 13.9. The molecule has 3 N–H and O–H groups in total. The fraction of sp³-hybridized carbons (Fsp3) is 0.176. The third-order valence-electron chi connectivity index (χ3n) is 3.72. The molecule has 136 valence electrons. The van der Waals surface area contributed by atoms with Crippen LogP contribution in [0, 0.1) is 0 Å². The van der Waals surface area contributed by atoms with E-state index in [1.165, 1.54) is 36.4 Å². The maximum absolute atomic E-state index is 12.1. The first-order chi connectivity index (χ1) is 12.3. The maximum Gasteiger partial charge on any atom is 0.269 e. The first kappa shape index (κ1) is 18.4. The van der Waals surface area contributed by atoms with E-state index in [-0.39, 0.29) is 16.5 Å². The molecule has 0 saturated heterocycles. The minimum absolute atomic E-state index is 0.00561. The Morgan fingerprint density at radius 1 is 0.846 bits per heavy atom. The number of hydrazine groups is 1. The summed E-state index contributed by atoms with van der Waals surface area (Å²) in [4.78, 5) is 24.1. The van der Waals surface area contributed by atoms with Gasteiger partial charge in [0.05, 0.1) is 4.90 Å². The van der Waals surface area contributed by atoms with Crippen molar-refractivity contribution in [2.24, 2.45) is 0 Å². The molecule has 2 aromatic carbocycles. The number of carbonyl (C=O) groups excluding carboxylic acids is 2. The van der Waals surface area contributed by atoms with Gasteiger partial charge in [0.1, 0.15) is 0 Å². The Labute approximate surface area is 155 Å². The monoisotopic (exact) mass is 393 g/mol. The number of benzene rings is 2. The molecule has 0 aromatic heterocycles. The van der Waals surface area contributed by atoms with Crippen molar-refractivity contribution in [3.05, 3.63) is 64.7 Å². The summed E-state index contributed by atoms with van der Waals surface area (Å²) < 4.78 is 26.7. The molecule has 2 aromatic rings. The van der Waals surface area contributed by atoms with E-state index in [4.69, 9.17) is 11.6 Å². The Hall–Kier alpha value is -2.42. The van der Waals surface area contributed by atoms with Crippen molar-refractivity contribution in [3.8, 4) is 0 Å². The summed E-state index contributed by atoms with van der Waals surface area (Å²) in [6, 6.07) is 11.6. The van der Waals surface area contributed by atoms with Crippen LogP contribution in [0.3, 0.4) is 0 Å². The van der Waals surface area contributed by atoms with E-state index >= 15 is 0 Å². The van der Waals surface area contributed by atoms with E-state index in [2.05, 4.69) is 15.6 Å². The van der Waals surface area contributed by atoms with Crippen LogP contribution in [-0.4, -0.2) is 26.3 Å². The van der Waals surface area contributed by atoms with Gasteiger partial charge in [-0.3, -0.25) is 20.4 Å². The molecule has 0 atom stereocenters. The molecule has 0 bridgehead atoms. The first-order valence-electron chi connectivity index (χ1n) is 7.84. The average molecular weight is 394 g/mol. The topological polar surface area (TPSA) is 104 Å². The summed E-state index contributed by atoms with van der Waals surface area (Å²) >= 11 is 5.75. The van der Waals surface area contributed by atoms with Gasteiger partial charge in [0, 0.05) is 22.2 Å². The van der Waals surface area contributed by atoms with Gasteiger partial charge in [0.15, 0.2) is 0 Å². The molecule has 9 heteroatoms. The second kappa shape index (κ2) is 7.45. The number of halogens is 1. The molecule has 3 rings (SSSR count). The lowest BCUT2D eigenvalue weighted by Gasteiger charge is -2.09. The highest BCUT2D eigenvalue weighted by molar-refractivity contribution is 7.89. The summed E-state index contributed by atoms with van der Waals surface area (Å²) in [7, 11) is -3.57. The summed E-state index contributed by atoms with van der Waals surface area (Å²) in [6.07, 6.45) is 1.68. The maximum atomic E-state index is 12.1. The summed E-state index contributed by atoms with van der Waals surface area (Å²) in [5.74, 6) is -1.06. The number of hydrogen-bond acceptors (Lipinski definition) is 4. The predicted molar refractivity (Wildman–Crippen MR) is 96.2 cm³/mol. The van der Waals surface area contributed by atoms with Crippen molar-refractivity contribution in [1.29, 1.82) is 0 Å². The number of rotatable bonds is 5. The van der Waals surface area contributed by atoms with Crippen LogP contribution in [0.2, 0.25) is 5.02 Å². The summed E-state index contributed by atoms with van der Waals surface area (Å²) in [5.41, 5.74) is 5.11. The van der Waals surface area contributed by atoms with E-state index < -0.39 is 21.8 Å². The van der Waals surface area contributed by atoms with Crippen molar-refractivity contribution >= 4 is 33.4 Å². The highest BCUT2D eigenvalue weighted by Crippen LogP contribution is 2.22. The van der Waals surface area contributed by atoms with Crippen molar-refractivity contribution in [1.82, 2.24) is 15.6 Å². The number of carbonyl (C=O) groups is 2. The third-order valence-corrected chi connectivity index (χ3v) is 5.51. The Morgan fingerprint density at radius 3 is 1.77 bits per heavy atom. The second-order valence-electron chi connectivity index (χ2n) is 5.84. The van der Waals surface area contributed by atoms with Crippen LogP contribution in [0.15, 0.2) is 53.4 Å². The van der Waals surface area contributed by atoms with Gasteiger partial charge in [0.2, 0.25) is 10.0 Å². The third kappa shape index (κ3) is 4.60. The van der Waals surface area contributed by atoms with Crippen LogP contribution in [0.4, 0.5) is 0 Å². The van der Waals surface area contributed by atoms with Crippen molar-refractivity contribution < 1.29 is 18.0 Å². The molecule has 1 aliphatic rings. The molecule has 0 heterocycles. The fourth-order valence-electron chi connectivity index (χ4n) is 2.13. The minimum atomic E-state index is -3.57. The van der Waals surface area contributed by atoms with E-state index in [1.54, 1.807) is 12.1 Å². The van der Waals surface area contributed by atoms with Crippen molar-refractivity contribution in [3.63, 3.8) is 0 Å². The number of sulfonamides is 1. The Balaban J connectivity index is 1.59.